The number of nitrogens with zero attached hydrogens (tertiary/aromatic N) is 1. The first-order chi connectivity index (χ1) is 17.5. The van der Waals surface area contributed by atoms with Gasteiger partial charge in [-0.3, -0.25) is 9.69 Å². The zero-order valence-corrected chi connectivity index (χ0v) is 20.6. The summed E-state index contributed by atoms with van der Waals surface area (Å²) in [5, 5.41) is 10.9. The Kier molecular flexibility index (Phi) is 9.23. The fraction of sp³-hybridized carbons (Fsp3) is 0.367. The van der Waals surface area contributed by atoms with Crippen molar-refractivity contribution in [1.29, 1.82) is 0 Å². The Morgan fingerprint density at radius 3 is 2.14 bits per heavy atom. The Hall–Kier alpha value is -3.06. The number of likely N-dealkylation sites (tertiary alicyclic amines) is 1. The molecular formula is C30H34FNO4. The smallest absolute Gasteiger partial charge is 0.303 e. The largest absolute Gasteiger partial charge is 0.456 e. The SMILES string of the molecule is CC(=O)O[C@H](CN1CC[C@@H](CCOC(c2ccccc2)c2ccccc2)[C@H](O)C1)c1ccc(F)cc1. The highest BCUT2D eigenvalue weighted by atomic mass is 19.1. The maximum atomic E-state index is 13.3. The number of rotatable bonds is 10. The van der Waals surface area contributed by atoms with Crippen LogP contribution in [-0.4, -0.2) is 48.3 Å². The quantitative estimate of drug-likeness (QED) is 0.390. The molecule has 4 rings (SSSR count). The Balaban J connectivity index is 1.31. The molecule has 0 radical (unpaired) electrons. The third-order valence-electron chi connectivity index (χ3n) is 6.76. The molecule has 0 aliphatic carbocycles. The number of aliphatic hydroxyl groups excluding tert-OH is 1. The van der Waals surface area contributed by atoms with E-state index in [1.165, 1.54) is 19.1 Å². The predicted molar refractivity (Wildman–Crippen MR) is 137 cm³/mol. The molecule has 36 heavy (non-hydrogen) atoms. The summed E-state index contributed by atoms with van der Waals surface area (Å²) in [6, 6.07) is 26.4. The molecule has 190 valence electrons. The van der Waals surface area contributed by atoms with E-state index < -0.39 is 12.2 Å². The Labute approximate surface area is 212 Å². The van der Waals surface area contributed by atoms with Gasteiger partial charge in [-0.05, 0) is 54.1 Å². The van der Waals surface area contributed by atoms with Crippen LogP contribution in [0.15, 0.2) is 84.9 Å². The van der Waals surface area contributed by atoms with Gasteiger partial charge in [0.05, 0.1) is 6.10 Å². The van der Waals surface area contributed by atoms with E-state index >= 15 is 0 Å². The van der Waals surface area contributed by atoms with E-state index in [1.807, 2.05) is 36.4 Å². The van der Waals surface area contributed by atoms with Gasteiger partial charge in [-0.25, -0.2) is 4.39 Å². The van der Waals surface area contributed by atoms with Crippen molar-refractivity contribution >= 4 is 5.97 Å². The Bertz CT molecular complexity index is 1040. The zero-order chi connectivity index (χ0) is 25.3. The third kappa shape index (κ3) is 7.23. The van der Waals surface area contributed by atoms with Crippen LogP contribution in [0.1, 0.15) is 48.7 Å². The molecule has 1 saturated heterocycles. The lowest BCUT2D eigenvalue weighted by molar-refractivity contribution is -0.148. The highest BCUT2D eigenvalue weighted by molar-refractivity contribution is 5.66. The maximum absolute atomic E-state index is 13.3. The Morgan fingerprint density at radius 2 is 1.58 bits per heavy atom. The minimum Gasteiger partial charge on any atom is -0.456 e. The van der Waals surface area contributed by atoms with Gasteiger partial charge < -0.3 is 14.6 Å². The van der Waals surface area contributed by atoms with Crippen LogP contribution in [0.5, 0.6) is 0 Å². The summed E-state index contributed by atoms with van der Waals surface area (Å²) in [4.78, 5) is 13.8. The van der Waals surface area contributed by atoms with Crippen LogP contribution in [0.3, 0.4) is 0 Å². The molecule has 3 aromatic carbocycles. The standard InChI is InChI=1S/C30H34FNO4/c1-22(33)36-29(24-12-14-27(31)15-13-24)21-32-18-16-23(28(34)20-32)17-19-35-30(25-8-4-2-5-9-25)26-10-6-3-7-11-26/h2-15,23,28-30,34H,16-21H2,1H3/t23-,28+,29+/m0/s1. The molecule has 1 fully saturated rings. The van der Waals surface area contributed by atoms with Crippen molar-refractivity contribution in [3.8, 4) is 0 Å². The topological polar surface area (TPSA) is 59.0 Å². The number of benzene rings is 3. The van der Waals surface area contributed by atoms with Crippen LogP contribution in [0.25, 0.3) is 0 Å². The predicted octanol–water partition coefficient (Wildman–Crippen LogP) is 5.31. The molecule has 0 aromatic heterocycles. The van der Waals surface area contributed by atoms with Gasteiger partial charge in [0.15, 0.2) is 0 Å². The molecule has 0 bridgehead atoms. The second-order valence-corrected chi connectivity index (χ2v) is 9.39. The van der Waals surface area contributed by atoms with Gasteiger partial charge in [0.25, 0.3) is 0 Å². The highest BCUT2D eigenvalue weighted by Gasteiger charge is 2.30. The number of carbonyl (C=O) groups is 1. The highest BCUT2D eigenvalue weighted by Crippen LogP contribution is 2.29. The lowest BCUT2D eigenvalue weighted by atomic mass is 9.90. The van der Waals surface area contributed by atoms with Crippen LogP contribution in [-0.2, 0) is 14.3 Å². The van der Waals surface area contributed by atoms with Crippen LogP contribution in [0.2, 0.25) is 0 Å². The zero-order valence-electron chi connectivity index (χ0n) is 20.6. The first kappa shape index (κ1) is 26.0. The van der Waals surface area contributed by atoms with Crippen LogP contribution >= 0.6 is 0 Å². The molecule has 1 N–H and O–H groups in total. The number of hydrogen-bond donors (Lipinski definition) is 1. The fourth-order valence-corrected chi connectivity index (χ4v) is 4.85. The number of carbonyl (C=O) groups excluding carboxylic acids is 1. The molecule has 6 heteroatoms. The number of ether oxygens (including phenoxy) is 2. The first-order valence-corrected chi connectivity index (χ1v) is 12.5. The number of β-amino-alcohol motifs (C(OH)–C–C–N with tert-alkyl or cyclic N) is 1. The van der Waals surface area contributed by atoms with Crippen molar-refractivity contribution in [2.24, 2.45) is 5.92 Å². The summed E-state index contributed by atoms with van der Waals surface area (Å²) in [5.41, 5.74) is 2.96. The summed E-state index contributed by atoms with van der Waals surface area (Å²) < 4.78 is 25.2. The minimum absolute atomic E-state index is 0.131. The molecule has 1 aliphatic heterocycles. The van der Waals surface area contributed by atoms with E-state index in [2.05, 4.69) is 29.2 Å². The van der Waals surface area contributed by atoms with Gasteiger partial charge in [0.2, 0.25) is 0 Å². The van der Waals surface area contributed by atoms with Gasteiger partial charge >= 0.3 is 5.97 Å². The molecule has 1 heterocycles. The first-order valence-electron chi connectivity index (χ1n) is 12.5. The van der Waals surface area contributed by atoms with E-state index in [9.17, 15) is 14.3 Å². The number of esters is 1. The van der Waals surface area contributed by atoms with E-state index in [-0.39, 0.29) is 23.8 Å². The van der Waals surface area contributed by atoms with Crippen molar-refractivity contribution in [2.75, 3.05) is 26.2 Å². The summed E-state index contributed by atoms with van der Waals surface area (Å²) in [5.74, 6) is -0.588. The number of aliphatic hydroxyl groups is 1. The molecule has 1 aliphatic rings. The van der Waals surface area contributed by atoms with Crippen molar-refractivity contribution in [3.63, 3.8) is 0 Å². The molecule has 5 nitrogen and oxygen atoms in total. The van der Waals surface area contributed by atoms with E-state index in [0.717, 1.165) is 36.1 Å². The molecule has 0 spiro atoms. The summed E-state index contributed by atoms with van der Waals surface area (Å²) in [6.07, 6.45) is 0.427. The van der Waals surface area contributed by atoms with Crippen molar-refractivity contribution in [1.82, 2.24) is 4.90 Å². The second kappa shape index (κ2) is 12.8. The van der Waals surface area contributed by atoms with Crippen molar-refractivity contribution in [3.05, 3.63) is 107 Å². The number of hydrogen-bond acceptors (Lipinski definition) is 5. The van der Waals surface area contributed by atoms with Gasteiger partial charge in [0.1, 0.15) is 18.0 Å². The lowest BCUT2D eigenvalue weighted by Gasteiger charge is -2.37. The summed E-state index contributed by atoms with van der Waals surface area (Å²) >= 11 is 0. The van der Waals surface area contributed by atoms with E-state index in [4.69, 9.17) is 9.47 Å². The molecular weight excluding hydrogens is 457 g/mol. The molecule has 0 amide bonds. The van der Waals surface area contributed by atoms with Crippen molar-refractivity contribution in [2.45, 2.75) is 38.1 Å². The molecule has 3 atom stereocenters. The van der Waals surface area contributed by atoms with E-state index in [1.54, 1.807) is 12.1 Å². The summed E-state index contributed by atoms with van der Waals surface area (Å²) in [6.45, 7) is 3.64. The van der Waals surface area contributed by atoms with Gasteiger partial charge in [0, 0.05) is 26.6 Å². The average molecular weight is 492 g/mol. The van der Waals surface area contributed by atoms with Gasteiger partial charge in [-0.2, -0.15) is 0 Å². The van der Waals surface area contributed by atoms with E-state index in [0.29, 0.717) is 19.7 Å². The monoisotopic (exact) mass is 491 g/mol. The average Bonchev–Trinajstić information content (AvgIpc) is 2.88. The van der Waals surface area contributed by atoms with Gasteiger partial charge in [-0.15, -0.1) is 0 Å². The van der Waals surface area contributed by atoms with Crippen LogP contribution in [0.4, 0.5) is 4.39 Å². The number of piperidine rings is 1. The van der Waals surface area contributed by atoms with Gasteiger partial charge in [-0.1, -0.05) is 72.8 Å². The van der Waals surface area contributed by atoms with Crippen LogP contribution in [0, 0.1) is 11.7 Å². The fourth-order valence-electron chi connectivity index (χ4n) is 4.85. The van der Waals surface area contributed by atoms with Crippen molar-refractivity contribution < 1.29 is 23.8 Å². The number of halogens is 1. The van der Waals surface area contributed by atoms with Crippen LogP contribution < -0.4 is 0 Å². The molecule has 3 aromatic rings. The Morgan fingerprint density at radius 1 is 0.972 bits per heavy atom. The molecule has 0 unspecified atom stereocenters. The summed E-state index contributed by atoms with van der Waals surface area (Å²) in [7, 11) is 0. The minimum atomic E-state index is -0.507. The normalized spacial score (nSPS) is 19.2. The lowest BCUT2D eigenvalue weighted by Crippen LogP contribution is -2.45. The molecule has 0 saturated carbocycles. The second-order valence-electron chi connectivity index (χ2n) is 9.39. The third-order valence-corrected chi connectivity index (χ3v) is 6.76. The maximum Gasteiger partial charge on any atom is 0.303 e.